The summed E-state index contributed by atoms with van der Waals surface area (Å²) in [7, 11) is 4.17. The second-order valence-electron chi connectivity index (χ2n) is 4.84. The average Bonchev–Trinajstić information content (AvgIpc) is 2.81. The molecule has 6 heteroatoms. The average molecular weight is 326 g/mol. The molecule has 0 bridgehead atoms. The lowest BCUT2D eigenvalue weighted by Crippen LogP contribution is -2.33. The standard InChI is InChI=1S/C13H20BrN5/c1-4-6-18(9-8-17(2)3)13-12-15-5-7-19(12)10-11(14)16-13/h5,7,10H,4,6,8-9H2,1-3H3. The number of halogens is 1. The van der Waals surface area contributed by atoms with E-state index in [1.165, 1.54) is 0 Å². The van der Waals surface area contributed by atoms with Gasteiger partial charge in [0, 0.05) is 38.2 Å². The first-order valence-electron chi connectivity index (χ1n) is 6.50. The zero-order chi connectivity index (χ0) is 13.8. The second kappa shape index (κ2) is 6.34. The number of likely N-dealkylation sites (N-methyl/N-ethyl adjacent to an activating group) is 1. The Kier molecular flexibility index (Phi) is 4.76. The van der Waals surface area contributed by atoms with E-state index in [2.05, 4.69) is 56.7 Å². The van der Waals surface area contributed by atoms with Crippen LogP contribution in [0.4, 0.5) is 5.82 Å². The molecule has 0 aliphatic carbocycles. The second-order valence-corrected chi connectivity index (χ2v) is 5.65. The van der Waals surface area contributed by atoms with Crippen LogP contribution in [0.1, 0.15) is 13.3 Å². The van der Waals surface area contributed by atoms with Gasteiger partial charge in [0.1, 0.15) is 4.60 Å². The summed E-state index contributed by atoms with van der Waals surface area (Å²) in [6, 6.07) is 0. The summed E-state index contributed by atoms with van der Waals surface area (Å²) in [6.07, 6.45) is 6.78. The Morgan fingerprint density at radius 1 is 1.26 bits per heavy atom. The zero-order valence-electron chi connectivity index (χ0n) is 11.7. The number of anilines is 1. The molecule has 0 spiro atoms. The molecule has 2 aromatic rings. The molecule has 0 saturated heterocycles. The molecular weight excluding hydrogens is 306 g/mol. The van der Waals surface area contributed by atoms with Gasteiger partial charge in [-0.2, -0.15) is 0 Å². The quantitative estimate of drug-likeness (QED) is 0.816. The minimum absolute atomic E-state index is 0.832. The van der Waals surface area contributed by atoms with E-state index in [9.17, 15) is 0 Å². The van der Waals surface area contributed by atoms with Crippen molar-refractivity contribution in [1.82, 2.24) is 19.3 Å². The van der Waals surface area contributed by atoms with Crippen LogP contribution in [0, 0.1) is 0 Å². The summed E-state index contributed by atoms with van der Waals surface area (Å²) in [6.45, 7) is 5.12. The molecule has 0 N–H and O–H groups in total. The first kappa shape index (κ1) is 14.3. The molecule has 0 radical (unpaired) electrons. The molecule has 0 unspecified atom stereocenters. The Hall–Kier alpha value is -1.14. The molecule has 2 aromatic heterocycles. The lowest BCUT2D eigenvalue weighted by Gasteiger charge is -2.25. The zero-order valence-corrected chi connectivity index (χ0v) is 13.3. The molecule has 0 saturated carbocycles. The summed E-state index contributed by atoms with van der Waals surface area (Å²) >= 11 is 3.47. The molecule has 104 valence electrons. The Labute approximate surface area is 122 Å². The molecule has 0 atom stereocenters. The Balaban J connectivity index is 2.34. The molecule has 0 aliphatic heterocycles. The van der Waals surface area contributed by atoms with Crippen molar-refractivity contribution in [3.8, 4) is 0 Å². The van der Waals surface area contributed by atoms with Crippen molar-refractivity contribution >= 4 is 27.4 Å². The van der Waals surface area contributed by atoms with E-state index in [0.717, 1.165) is 42.1 Å². The molecule has 0 aromatic carbocycles. The molecule has 2 heterocycles. The Morgan fingerprint density at radius 3 is 2.74 bits per heavy atom. The van der Waals surface area contributed by atoms with Gasteiger partial charge in [0.2, 0.25) is 0 Å². The van der Waals surface area contributed by atoms with E-state index in [4.69, 9.17) is 0 Å². The van der Waals surface area contributed by atoms with Crippen molar-refractivity contribution in [2.24, 2.45) is 0 Å². The van der Waals surface area contributed by atoms with Crippen LogP contribution in [-0.4, -0.2) is 53.0 Å². The van der Waals surface area contributed by atoms with E-state index >= 15 is 0 Å². The highest BCUT2D eigenvalue weighted by molar-refractivity contribution is 9.10. The fourth-order valence-electron chi connectivity index (χ4n) is 2.01. The van der Waals surface area contributed by atoms with Gasteiger partial charge >= 0.3 is 0 Å². The summed E-state index contributed by atoms with van der Waals surface area (Å²) in [5.74, 6) is 0.947. The number of hydrogen-bond acceptors (Lipinski definition) is 4. The third-order valence-corrected chi connectivity index (χ3v) is 3.32. The maximum Gasteiger partial charge on any atom is 0.180 e. The van der Waals surface area contributed by atoms with Gasteiger partial charge in [-0.3, -0.25) is 0 Å². The van der Waals surface area contributed by atoms with Gasteiger partial charge in [0.25, 0.3) is 0 Å². The number of nitrogens with zero attached hydrogens (tertiary/aromatic N) is 5. The van der Waals surface area contributed by atoms with E-state index in [0.29, 0.717) is 0 Å². The Morgan fingerprint density at radius 2 is 2.05 bits per heavy atom. The minimum Gasteiger partial charge on any atom is -0.352 e. The normalized spacial score (nSPS) is 11.4. The highest BCUT2D eigenvalue weighted by atomic mass is 79.9. The fraction of sp³-hybridized carbons (Fsp3) is 0.538. The number of fused-ring (bicyclic) bond motifs is 1. The van der Waals surface area contributed by atoms with Crippen LogP contribution in [0.5, 0.6) is 0 Å². The van der Waals surface area contributed by atoms with Gasteiger partial charge < -0.3 is 14.2 Å². The smallest absolute Gasteiger partial charge is 0.180 e. The molecule has 0 amide bonds. The third kappa shape index (κ3) is 3.45. The van der Waals surface area contributed by atoms with Crippen LogP contribution in [0.2, 0.25) is 0 Å². The van der Waals surface area contributed by atoms with Gasteiger partial charge in [-0.1, -0.05) is 6.92 Å². The first-order valence-corrected chi connectivity index (χ1v) is 7.30. The van der Waals surface area contributed by atoms with Crippen molar-refractivity contribution in [3.05, 3.63) is 23.2 Å². The largest absolute Gasteiger partial charge is 0.352 e. The highest BCUT2D eigenvalue weighted by Crippen LogP contribution is 2.21. The van der Waals surface area contributed by atoms with Crippen molar-refractivity contribution < 1.29 is 0 Å². The Bertz CT molecular complexity index is 537. The van der Waals surface area contributed by atoms with Crippen LogP contribution in [-0.2, 0) is 0 Å². The predicted molar refractivity (Wildman–Crippen MR) is 81.7 cm³/mol. The first-order chi connectivity index (χ1) is 9.11. The third-order valence-electron chi connectivity index (χ3n) is 2.94. The molecule has 0 fully saturated rings. The molecule has 5 nitrogen and oxygen atoms in total. The minimum atomic E-state index is 0.832. The van der Waals surface area contributed by atoms with E-state index in [-0.39, 0.29) is 0 Å². The van der Waals surface area contributed by atoms with Crippen molar-refractivity contribution in [3.63, 3.8) is 0 Å². The number of rotatable bonds is 6. The van der Waals surface area contributed by atoms with E-state index < -0.39 is 0 Å². The molecule has 0 aliphatic rings. The summed E-state index contributed by atoms with van der Waals surface area (Å²) in [5.41, 5.74) is 0.912. The summed E-state index contributed by atoms with van der Waals surface area (Å²) < 4.78 is 2.84. The molecular formula is C13H20BrN5. The lowest BCUT2D eigenvalue weighted by molar-refractivity contribution is 0.412. The maximum atomic E-state index is 4.61. The topological polar surface area (TPSA) is 36.7 Å². The number of aromatic nitrogens is 3. The fourth-order valence-corrected chi connectivity index (χ4v) is 2.40. The predicted octanol–water partition coefficient (Wildman–Crippen LogP) is 2.27. The molecule has 19 heavy (non-hydrogen) atoms. The van der Waals surface area contributed by atoms with Gasteiger partial charge in [-0.05, 0) is 36.4 Å². The van der Waals surface area contributed by atoms with Gasteiger partial charge in [-0.15, -0.1) is 0 Å². The molecule has 2 rings (SSSR count). The van der Waals surface area contributed by atoms with Crippen LogP contribution < -0.4 is 4.90 Å². The monoisotopic (exact) mass is 325 g/mol. The lowest BCUT2D eigenvalue weighted by atomic mass is 10.3. The van der Waals surface area contributed by atoms with Crippen LogP contribution in [0.15, 0.2) is 23.2 Å². The summed E-state index contributed by atoms with van der Waals surface area (Å²) in [4.78, 5) is 13.5. The van der Waals surface area contributed by atoms with Crippen LogP contribution in [0.25, 0.3) is 5.65 Å². The van der Waals surface area contributed by atoms with Gasteiger partial charge in [0.15, 0.2) is 11.5 Å². The van der Waals surface area contributed by atoms with Gasteiger partial charge in [-0.25, -0.2) is 9.97 Å². The van der Waals surface area contributed by atoms with Crippen molar-refractivity contribution in [2.45, 2.75) is 13.3 Å². The van der Waals surface area contributed by atoms with E-state index in [1.807, 2.05) is 23.0 Å². The number of hydrogen-bond donors (Lipinski definition) is 0. The van der Waals surface area contributed by atoms with Crippen molar-refractivity contribution in [1.29, 1.82) is 0 Å². The van der Waals surface area contributed by atoms with Gasteiger partial charge in [0.05, 0.1) is 0 Å². The number of imidazole rings is 1. The SMILES string of the molecule is CCCN(CCN(C)C)c1nc(Br)cn2ccnc12. The summed E-state index contributed by atoms with van der Waals surface area (Å²) in [5, 5.41) is 0. The maximum absolute atomic E-state index is 4.61. The highest BCUT2D eigenvalue weighted by Gasteiger charge is 2.14. The van der Waals surface area contributed by atoms with Crippen LogP contribution in [0.3, 0.4) is 0 Å². The van der Waals surface area contributed by atoms with Crippen LogP contribution >= 0.6 is 15.9 Å². The van der Waals surface area contributed by atoms with Crippen molar-refractivity contribution in [2.75, 3.05) is 38.6 Å². The van der Waals surface area contributed by atoms with E-state index in [1.54, 1.807) is 0 Å².